The molecule has 0 radical (unpaired) electrons. The highest BCUT2D eigenvalue weighted by atomic mass is 16.3. The Labute approximate surface area is 139 Å². The second-order valence-corrected chi connectivity index (χ2v) is 6.83. The third kappa shape index (κ3) is 2.60. The maximum Gasteiger partial charge on any atom is 0.121 e. The molecule has 0 atom stereocenters. The van der Waals surface area contributed by atoms with Gasteiger partial charge in [-0.1, -0.05) is 0 Å². The van der Waals surface area contributed by atoms with Crippen LogP contribution in [0.15, 0.2) is 0 Å². The lowest BCUT2D eigenvalue weighted by atomic mass is 9.84. The van der Waals surface area contributed by atoms with Crippen LogP contribution in [0.2, 0.25) is 0 Å². The summed E-state index contributed by atoms with van der Waals surface area (Å²) >= 11 is 0. The van der Waals surface area contributed by atoms with Gasteiger partial charge in [0.1, 0.15) is 11.5 Å². The Hall–Kier alpha value is -1.96. The predicted octanol–water partition coefficient (Wildman–Crippen LogP) is 5.16. The van der Waals surface area contributed by atoms with Gasteiger partial charge in [-0.15, -0.1) is 0 Å². The molecule has 124 valence electrons. The van der Waals surface area contributed by atoms with Gasteiger partial charge >= 0.3 is 0 Å². The highest BCUT2D eigenvalue weighted by Gasteiger charge is 2.19. The van der Waals surface area contributed by atoms with E-state index in [0.717, 1.165) is 50.9 Å². The molecule has 0 heterocycles. The Kier molecular flexibility index (Phi) is 4.48. The first-order valence-corrected chi connectivity index (χ1v) is 8.15. The van der Waals surface area contributed by atoms with Gasteiger partial charge < -0.3 is 10.2 Å². The quantitative estimate of drug-likeness (QED) is 0.804. The van der Waals surface area contributed by atoms with E-state index in [-0.39, 0.29) is 0 Å². The topological polar surface area (TPSA) is 40.5 Å². The van der Waals surface area contributed by atoms with Crippen molar-refractivity contribution < 1.29 is 10.2 Å². The minimum absolute atomic E-state index is 0.412. The van der Waals surface area contributed by atoms with Gasteiger partial charge in [0.25, 0.3) is 0 Å². The molecule has 23 heavy (non-hydrogen) atoms. The van der Waals surface area contributed by atoms with Gasteiger partial charge in [0.05, 0.1) is 0 Å². The summed E-state index contributed by atoms with van der Waals surface area (Å²) in [7, 11) is 0. The monoisotopic (exact) mass is 312 g/mol. The summed E-state index contributed by atoms with van der Waals surface area (Å²) in [4.78, 5) is 0. The van der Waals surface area contributed by atoms with Crippen molar-refractivity contribution in [3.63, 3.8) is 0 Å². The van der Waals surface area contributed by atoms with Gasteiger partial charge in [0.15, 0.2) is 0 Å². The smallest absolute Gasteiger partial charge is 0.121 e. The molecule has 2 aromatic rings. The largest absolute Gasteiger partial charge is 0.507 e. The summed E-state index contributed by atoms with van der Waals surface area (Å²) in [5.74, 6) is 0.825. The summed E-state index contributed by atoms with van der Waals surface area (Å²) in [5, 5.41) is 20.5. The molecule has 2 nitrogen and oxygen atoms in total. The highest BCUT2D eigenvalue weighted by molar-refractivity contribution is 5.58. The number of phenolic OH excluding ortho intramolecular Hbond substituents is 2. The van der Waals surface area contributed by atoms with Crippen LogP contribution in [0.3, 0.4) is 0 Å². The number of hydrogen-bond acceptors (Lipinski definition) is 2. The Balaban J connectivity index is 2.71. The Morgan fingerprint density at radius 3 is 0.870 bits per heavy atom. The van der Waals surface area contributed by atoms with Crippen LogP contribution in [0, 0.1) is 55.4 Å². The lowest BCUT2D eigenvalue weighted by molar-refractivity contribution is 0.465. The van der Waals surface area contributed by atoms with Crippen molar-refractivity contribution in [3.05, 3.63) is 55.6 Å². The van der Waals surface area contributed by atoms with Crippen LogP contribution in [-0.2, 0) is 6.42 Å². The number of benzene rings is 2. The van der Waals surface area contributed by atoms with E-state index < -0.39 is 0 Å². The molecule has 0 spiro atoms. The van der Waals surface area contributed by atoms with Crippen molar-refractivity contribution in [1.29, 1.82) is 0 Å². The molecule has 0 aliphatic carbocycles. The predicted molar refractivity (Wildman–Crippen MR) is 96.9 cm³/mol. The minimum Gasteiger partial charge on any atom is -0.507 e. The molecule has 0 bridgehead atoms. The molecule has 0 unspecified atom stereocenters. The molecule has 0 amide bonds. The molecule has 0 saturated heterocycles. The van der Waals surface area contributed by atoms with Crippen LogP contribution in [0.25, 0.3) is 0 Å². The van der Waals surface area contributed by atoms with Crippen LogP contribution in [0.5, 0.6) is 11.5 Å². The number of rotatable bonds is 2. The van der Waals surface area contributed by atoms with Gasteiger partial charge in [-0.2, -0.15) is 0 Å². The van der Waals surface area contributed by atoms with E-state index in [4.69, 9.17) is 0 Å². The molecule has 2 aromatic carbocycles. The third-order valence-corrected chi connectivity index (χ3v) is 5.84. The molecule has 0 aromatic heterocycles. The summed E-state index contributed by atoms with van der Waals surface area (Å²) in [6, 6.07) is 0. The maximum atomic E-state index is 10.3. The van der Waals surface area contributed by atoms with Crippen LogP contribution >= 0.6 is 0 Å². The molecule has 0 fully saturated rings. The van der Waals surface area contributed by atoms with Crippen LogP contribution in [0.1, 0.15) is 55.6 Å². The SMILES string of the molecule is Cc1c(C)c(Cc2c(C)c(C)c(O)c(C)c2C)c(C)c(C)c1O. The van der Waals surface area contributed by atoms with Crippen molar-refractivity contribution >= 4 is 0 Å². The molecular weight excluding hydrogens is 284 g/mol. The molecular formula is C21H28O2. The third-order valence-electron chi connectivity index (χ3n) is 5.84. The zero-order valence-corrected chi connectivity index (χ0v) is 15.6. The van der Waals surface area contributed by atoms with E-state index in [1.165, 1.54) is 11.1 Å². The van der Waals surface area contributed by atoms with Crippen LogP contribution < -0.4 is 0 Å². The van der Waals surface area contributed by atoms with Crippen molar-refractivity contribution in [1.82, 2.24) is 0 Å². The van der Waals surface area contributed by atoms with E-state index in [0.29, 0.717) is 11.5 Å². The van der Waals surface area contributed by atoms with Crippen LogP contribution in [0.4, 0.5) is 0 Å². The van der Waals surface area contributed by atoms with E-state index in [1.54, 1.807) is 0 Å². The van der Waals surface area contributed by atoms with Gasteiger partial charge in [-0.25, -0.2) is 0 Å². The fraction of sp³-hybridized carbons (Fsp3) is 0.429. The maximum absolute atomic E-state index is 10.3. The number of phenols is 2. The van der Waals surface area contributed by atoms with E-state index in [2.05, 4.69) is 27.7 Å². The lowest BCUT2D eigenvalue weighted by Gasteiger charge is -2.22. The summed E-state index contributed by atoms with van der Waals surface area (Å²) < 4.78 is 0. The van der Waals surface area contributed by atoms with E-state index in [9.17, 15) is 10.2 Å². The first-order chi connectivity index (χ1) is 10.6. The number of hydrogen-bond donors (Lipinski definition) is 2. The summed E-state index contributed by atoms with van der Waals surface area (Å²) in [6.45, 7) is 16.3. The normalized spacial score (nSPS) is 11.1. The second-order valence-electron chi connectivity index (χ2n) is 6.83. The molecule has 2 N–H and O–H groups in total. The van der Waals surface area contributed by atoms with Crippen molar-refractivity contribution in [2.45, 2.75) is 61.8 Å². The molecule has 0 aliphatic rings. The summed E-state index contributed by atoms with van der Waals surface area (Å²) in [6.07, 6.45) is 0.833. The molecule has 2 heteroatoms. The molecule has 0 aliphatic heterocycles. The Morgan fingerprint density at radius 1 is 0.435 bits per heavy atom. The fourth-order valence-corrected chi connectivity index (χ4v) is 3.45. The lowest BCUT2D eigenvalue weighted by Crippen LogP contribution is -2.06. The average molecular weight is 312 g/mol. The molecule has 0 saturated carbocycles. The van der Waals surface area contributed by atoms with Gasteiger partial charge in [-0.3, -0.25) is 0 Å². The van der Waals surface area contributed by atoms with Crippen molar-refractivity contribution in [3.8, 4) is 11.5 Å². The minimum atomic E-state index is 0.412. The Bertz CT molecular complexity index is 673. The first kappa shape index (κ1) is 17.4. The average Bonchev–Trinajstić information content (AvgIpc) is 2.54. The fourth-order valence-electron chi connectivity index (χ4n) is 3.45. The van der Waals surface area contributed by atoms with Crippen molar-refractivity contribution in [2.24, 2.45) is 0 Å². The van der Waals surface area contributed by atoms with Gasteiger partial charge in [0.2, 0.25) is 0 Å². The van der Waals surface area contributed by atoms with Crippen LogP contribution in [-0.4, -0.2) is 10.2 Å². The molecule has 2 rings (SSSR count). The second kappa shape index (κ2) is 5.92. The zero-order chi connectivity index (χ0) is 17.6. The van der Waals surface area contributed by atoms with Gasteiger partial charge in [0, 0.05) is 0 Å². The Morgan fingerprint density at radius 2 is 0.652 bits per heavy atom. The van der Waals surface area contributed by atoms with Crippen molar-refractivity contribution in [2.75, 3.05) is 0 Å². The number of aromatic hydroxyl groups is 2. The first-order valence-electron chi connectivity index (χ1n) is 8.15. The van der Waals surface area contributed by atoms with E-state index >= 15 is 0 Å². The summed E-state index contributed by atoms with van der Waals surface area (Å²) in [5.41, 5.74) is 11.1. The van der Waals surface area contributed by atoms with E-state index in [1.807, 2.05) is 27.7 Å². The highest BCUT2D eigenvalue weighted by Crippen LogP contribution is 2.36. The standard InChI is InChI=1S/C21H28O2/c1-10-14(5)20(22)15(6)11(2)18(10)9-19-12(3)16(7)21(23)17(8)13(19)4/h22-23H,9H2,1-8H3. The van der Waals surface area contributed by atoms with Gasteiger partial charge in [-0.05, 0) is 117 Å². The zero-order valence-electron chi connectivity index (χ0n) is 15.6.